The largest absolute Gasteiger partial charge is 0.390 e. The van der Waals surface area contributed by atoms with Crippen LogP contribution in [0.25, 0.3) is 0 Å². The van der Waals surface area contributed by atoms with Crippen LogP contribution in [0.5, 0.6) is 0 Å². The van der Waals surface area contributed by atoms with Crippen LogP contribution in [0.3, 0.4) is 0 Å². The SMILES string of the molecule is O=CC1NN=CCC1O. The van der Waals surface area contributed by atoms with E-state index in [1.807, 2.05) is 0 Å². The van der Waals surface area contributed by atoms with E-state index in [1.54, 1.807) is 6.21 Å². The Morgan fingerprint density at radius 2 is 2.67 bits per heavy atom. The van der Waals surface area contributed by atoms with E-state index in [4.69, 9.17) is 5.11 Å². The highest BCUT2D eigenvalue weighted by Gasteiger charge is 2.18. The molecule has 0 saturated heterocycles. The van der Waals surface area contributed by atoms with Gasteiger partial charge in [-0.3, -0.25) is 5.43 Å². The summed E-state index contributed by atoms with van der Waals surface area (Å²) in [5, 5.41) is 12.6. The molecule has 0 fully saturated rings. The molecule has 0 aromatic rings. The Kier molecular flexibility index (Phi) is 1.79. The van der Waals surface area contributed by atoms with Gasteiger partial charge in [-0.15, -0.1) is 0 Å². The average Bonchev–Trinajstić information content (AvgIpc) is 1.89. The van der Waals surface area contributed by atoms with E-state index < -0.39 is 12.1 Å². The minimum absolute atomic E-state index is 0.455. The van der Waals surface area contributed by atoms with E-state index in [0.717, 1.165) is 0 Å². The van der Waals surface area contributed by atoms with Crippen LogP contribution in [-0.4, -0.2) is 29.8 Å². The first-order valence-corrected chi connectivity index (χ1v) is 2.75. The minimum atomic E-state index is -0.611. The number of carbonyl (C=O) groups excluding carboxylic acids is 1. The lowest BCUT2D eigenvalue weighted by molar-refractivity contribution is -0.112. The Labute approximate surface area is 52.6 Å². The van der Waals surface area contributed by atoms with Gasteiger partial charge in [0.25, 0.3) is 0 Å². The van der Waals surface area contributed by atoms with Crippen LogP contribution in [0.15, 0.2) is 5.10 Å². The molecule has 0 bridgehead atoms. The number of hydrazone groups is 1. The summed E-state index contributed by atoms with van der Waals surface area (Å²) in [5.41, 5.74) is 2.47. The molecule has 9 heavy (non-hydrogen) atoms. The zero-order valence-corrected chi connectivity index (χ0v) is 4.82. The Morgan fingerprint density at radius 3 is 3.11 bits per heavy atom. The summed E-state index contributed by atoms with van der Waals surface area (Å²) in [6.45, 7) is 0. The highest BCUT2D eigenvalue weighted by Crippen LogP contribution is 1.98. The molecule has 4 heteroatoms. The number of aldehydes is 1. The predicted octanol–water partition coefficient (Wildman–Crippen LogP) is -1.11. The van der Waals surface area contributed by atoms with Gasteiger partial charge in [0, 0.05) is 12.6 Å². The lowest BCUT2D eigenvalue weighted by atomic mass is 10.1. The summed E-state index contributed by atoms with van der Waals surface area (Å²) >= 11 is 0. The van der Waals surface area contributed by atoms with E-state index in [-0.39, 0.29) is 0 Å². The van der Waals surface area contributed by atoms with Crippen LogP contribution < -0.4 is 5.43 Å². The maximum Gasteiger partial charge on any atom is 0.146 e. The molecule has 50 valence electrons. The highest BCUT2D eigenvalue weighted by atomic mass is 16.3. The number of aliphatic hydroxyl groups excluding tert-OH is 1. The van der Waals surface area contributed by atoms with Crippen molar-refractivity contribution in [3.05, 3.63) is 0 Å². The lowest BCUT2D eigenvalue weighted by Crippen LogP contribution is -2.41. The normalized spacial score (nSPS) is 33.4. The van der Waals surface area contributed by atoms with E-state index in [1.165, 1.54) is 0 Å². The van der Waals surface area contributed by atoms with Gasteiger partial charge in [-0.1, -0.05) is 0 Å². The molecule has 0 amide bonds. The zero-order chi connectivity index (χ0) is 6.69. The molecule has 1 aliphatic rings. The van der Waals surface area contributed by atoms with Crippen molar-refractivity contribution in [2.45, 2.75) is 18.6 Å². The predicted molar refractivity (Wildman–Crippen MR) is 32.1 cm³/mol. The fourth-order valence-corrected chi connectivity index (χ4v) is 0.653. The molecule has 1 aliphatic heterocycles. The number of rotatable bonds is 1. The van der Waals surface area contributed by atoms with Gasteiger partial charge >= 0.3 is 0 Å². The lowest BCUT2D eigenvalue weighted by Gasteiger charge is -2.18. The third-order valence-electron chi connectivity index (χ3n) is 1.22. The van der Waals surface area contributed by atoms with Crippen molar-refractivity contribution < 1.29 is 9.90 Å². The third-order valence-corrected chi connectivity index (χ3v) is 1.22. The van der Waals surface area contributed by atoms with Crippen LogP contribution in [0, 0.1) is 0 Å². The molecule has 4 nitrogen and oxygen atoms in total. The molecule has 1 heterocycles. The zero-order valence-electron chi connectivity index (χ0n) is 4.82. The number of hydrogen-bond donors (Lipinski definition) is 2. The van der Waals surface area contributed by atoms with Crippen molar-refractivity contribution in [2.75, 3.05) is 0 Å². The number of nitrogens with zero attached hydrogens (tertiary/aromatic N) is 1. The van der Waals surface area contributed by atoms with Gasteiger partial charge in [0.1, 0.15) is 12.3 Å². The quantitative estimate of drug-likeness (QED) is 0.440. The number of nitrogens with one attached hydrogen (secondary N) is 1. The van der Waals surface area contributed by atoms with Gasteiger partial charge in [0.2, 0.25) is 0 Å². The summed E-state index contributed by atoms with van der Waals surface area (Å²) in [4.78, 5) is 10.1. The van der Waals surface area contributed by atoms with Crippen molar-refractivity contribution in [3.63, 3.8) is 0 Å². The van der Waals surface area contributed by atoms with Crippen molar-refractivity contribution >= 4 is 12.5 Å². The van der Waals surface area contributed by atoms with E-state index >= 15 is 0 Å². The van der Waals surface area contributed by atoms with Gasteiger partial charge in [-0.05, 0) is 0 Å². The first-order chi connectivity index (χ1) is 4.34. The molecule has 0 spiro atoms. The van der Waals surface area contributed by atoms with Crippen LogP contribution in [0.4, 0.5) is 0 Å². The summed E-state index contributed by atoms with van der Waals surface area (Å²) in [6.07, 6.45) is 2.04. The molecule has 0 saturated carbocycles. The molecule has 2 atom stereocenters. The molecule has 2 N–H and O–H groups in total. The van der Waals surface area contributed by atoms with Gasteiger partial charge in [0.15, 0.2) is 0 Å². The molecular formula is C5H8N2O2. The highest BCUT2D eigenvalue weighted by molar-refractivity contribution is 5.65. The van der Waals surface area contributed by atoms with Crippen LogP contribution in [-0.2, 0) is 4.79 Å². The molecule has 2 unspecified atom stereocenters. The van der Waals surface area contributed by atoms with Gasteiger partial charge in [-0.2, -0.15) is 5.10 Å². The Bertz CT molecular complexity index is 135. The first kappa shape index (κ1) is 6.22. The van der Waals surface area contributed by atoms with Crippen molar-refractivity contribution in [3.8, 4) is 0 Å². The second-order valence-electron chi connectivity index (χ2n) is 1.91. The van der Waals surface area contributed by atoms with Crippen LogP contribution in [0.2, 0.25) is 0 Å². The molecule has 0 aliphatic carbocycles. The Hall–Kier alpha value is -0.900. The number of aliphatic hydroxyl groups is 1. The summed E-state index contributed by atoms with van der Waals surface area (Å²) in [7, 11) is 0. The van der Waals surface area contributed by atoms with Crippen molar-refractivity contribution in [1.29, 1.82) is 0 Å². The smallest absolute Gasteiger partial charge is 0.146 e. The van der Waals surface area contributed by atoms with Gasteiger partial charge in [-0.25, -0.2) is 0 Å². The molecule has 0 aromatic carbocycles. The Balaban J connectivity index is 2.52. The molecule has 0 aromatic heterocycles. The molecule has 0 radical (unpaired) electrons. The fraction of sp³-hybridized carbons (Fsp3) is 0.600. The summed E-state index contributed by atoms with van der Waals surface area (Å²) in [6, 6.07) is -0.519. The van der Waals surface area contributed by atoms with E-state index in [2.05, 4.69) is 10.5 Å². The standard InChI is InChI=1S/C5H8N2O2/c8-3-4-5(9)1-2-6-7-4/h2-5,7,9H,1H2. The summed E-state index contributed by atoms with van der Waals surface area (Å²) < 4.78 is 0. The Morgan fingerprint density at radius 1 is 1.89 bits per heavy atom. The minimum Gasteiger partial charge on any atom is -0.390 e. The second kappa shape index (κ2) is 2.59. The number of hydrogen-bond acceptors (Lipinski definition) is 4. The van der Waals surface area contributed by atoms with Gasteiger partial charge in [0.05, 0.1) is 6.10 Å². The van der Waals surface area contributed by atoms with Crippen molar-refractivity contribution in [1.82, 2.24) is 5.43 Å². The summed E-state index contributed by atoms with van der Waals surface area (Å²) in [5.74, 6) is 0. The first-order valence-electron chi connectivity index (χ1n) is 2.75. The van der Waals surface area contributed by atoms with Crippen LogP contribution >= 0.6 is 0 Å². The topological polar surface area (TPSA) is 61.7 Å². The maximum atomic E-state index is 10.1. The third kappa shape index (κ3) is 1.26. The van der Waals surface area contributed by atoms with E-state index in [9.17, 15) is 4.79 Å². The number of carbonyl (C=O) groups is 1. The molecule has 1 rings (SSSR count). The van der Waals surface area contributed by atoms with Crippen molar-refractivity contribution in [2.24, 2.45) is 5.10 Å². The van der Waals surface area contributed by atoms with Gasteiger partial charge < -0.3 is 9.90 Å². The fourth-order valence-electron chi connectivity index (χ4n) is 0.653. The van der Waals surface area contributed by atoms with E-state index in [0.29, 0.717) is 12.7 Å². The monoisotopic (exact) mass is 128 g/mol. The molecular weight excluding hydrogens is 120 g/mol. The average molecular weight is 128 g/mol. The maximum absolute atomic E-state index is 10.1. The van der Waals surface area contributed by atoms with Crippen LogP contribution in [0.1, 0.15) is 6.42 Å². The second-order valence-corrected chi connectivity index (χ2v) is 1.91.